The molecule has 6 nitrogen and oxygen atoms in total. The van der Waals surface area contributed by atoms with Crippen LogP contribution >= 0.6 is 0 Å². The SMILES string of the molecule is CC(C)n1cc(NC(=O)Cn2cc3ccccc3n2)cn1. The molecule has 1 amide bonds. The molecule has 0 atom stereocenters. The van der Waals surface area contributed by atoms with E-state index in [1.54, 1.807) is 15.6 Å². The number of rotatable bonds is 4. The molecule has 2 heterocycles. The molecule has 0 radical (unpaired) electrons. The molecule has 0 bridgehead atoms. The van der Waals surface area contributed by atoms with Gasteiger partial charge in [-0.05, 0) is 19.9 Å². The van der Waals surface area contributed by atoms with Gasteiger partial charge in [0.2, 0.25) is 5.91 Å². The average Bonchev–Trinajstić information content (AvgIpc) is 3.04. The van der Waals surface area contributed by atoms with Crippen LogP contribution in [0.1, 0.15) is 19.9 Å². The Hall–Kier alpha value is -2.63. The highest BCUT2D eigenvalue weighted by Crippen LogP contribution is 2.12. The smallest absolute Gasteiger partial charge is 0.246 e. The zero-order valence-corrected chi connectivity index (χ0v) is 12.0. The van der Waals surface area contributed by atoms with Crippen LogP contribution < -0.4 is 5.32 Å². The Morgan fingerprint density at radius 1 is 1.29 bits per heavy atom. The van der Waals surface area contributed by atoms with Gasteiger partial charge in [0.05, 0.1) is 17.4 Å². The molecule has 2 aromatic heterocycles. The number of carbonyl (C=O) groups excluding carboxylic acids is 1. The summed E-state index contributed by atoms with van der Waals surface area (Å²) in [7, 11) is 0. The number of hydrogen-bond donors (Lipinski definition) is 1. The molecule has 0 unspecified atom stereocenters. The van der Waals surface area contributed by atoms with Crippen LogP contribution in [0.4, 0.5) is 5.69 Å². The number of hydrogen-bond acceptors (Lipinski definition) is 3. The molecule has 0 fully saturated rings. The zero-order chi connectivity index (χ0) is 14.8. The highest BCUT2D eigenvalue weighted by molar-refractivity contribution is 5.90. The lowest BCUT2D eigenvalue weighted by Crippen LogP contribution is -2.18. The van der Waals surface area contributed by atoms with Crippen LogP contribution in [0.5, 0.6) is 0 Å². The summed E-state index contributed by atoms with van der Waals surface area (Å²) in [5.74, 6) is -0.119. The first-order valence-electron chi connectivity index (χ1n) is 6.88. The van der Waals surface area contributed by atoms with Gasteiger partial charge in [-0.3, -0.25) is 14.2 Å². The van der Waals surface area contributed by atoms with Crippen molar-refractivity contribution in [2.75, 3.05) is 5.32 Å². The maximum absolute atomic E-state index is 12.0. The fourth-order valence-electron chi connectivity index (χ4n) is 2.13. The maximum Gasteiger partial charge on any atom is 0.246 e. The van der Waals surface area contributed by atoms with Crippen LogP contribution in [0, 0.1) is 0 Å². The number of aromatic nitrogens is 4. The second-order valence-electron chi connectivity index (χ2n) is 5.24. The number of nitrogens with zero attached hydrogens (tertiary/aromatic N) is 4. The third-order valence-electron chi connectivity index (χ3n) is 3.18. The van der Waals surface area contributed by atoms with Gasteiger partial charge in [-0.1, -0.05) is 18.2 Å². The van der Waals surface area contributed by atoms with Gasteiger partial charge < -0.3 is 5.32 Å². The summed E-state index contributed by atoms with van der Waals surface area (Å²) in [6.07, 6.45) is 5.34. The van der Waals surface area contributed by atoms with Crippen molar-refractivity contribution in [2.45, 2.75) is 26.4 Å². The normalized spacial score (nSPS) is 11.2. The van der Waals surface area contributed by atoms with E-state index in [0.29, 0.717) is 5.69 Å². The van der Waals surface area contributed by atoms with E-state index < -0.39 is 0 Å². The first kappa shape index (κ1) is 13.4. The molecule has 21 heavy (non-hydrogen) atoms. The van der Waals surface area contributed by atoms with E-state index in [4.69, 9.17) is 0 Å². The summed E-state index contributed by atoms with van der Waals surface area (Å²) in [6.45, 7) is 4.25. The van der Waals surface area contributed by atoms with Gasteiger partial charge >= 0.3 is 0 Å². The van der Waals surface area contributed by atoms with Crippen molar-refractivity contribution < 1.29 is 4.79 Å². The third kappa shape index (κ3) is 2.94. The van der Waals surface area contributed by atoms with Crippen molar-refractivity contribution in [1.82, 2.24) is 19.6 Å². The van der Waals surface area contributed by atoms with Crippen molar-refractivity contribution in [3.63, 3.8) is 0 Å². The van der Waals surface area contributed by atoms with Crippen molar-refractivity contribution in [3.05, 3.63) is 42.9 Å². The molecule has 0 aliphatic heterocycles. The Labute approximate surface area is 122 Å². The summed E-state index contributed by atoms with van der Waals surface area (Å²) < 4.78 is 3.45. The molecule has 3 aromatic rings. The van der Waals surface area contributed by atoms with E-state index in [-0.39, 0.29) is 18.5 Å². The van der Waals surface area contributed by atoms with Gasteiger partial charge in [-0.2, -0.15) is 10.2 Å². The minimum absolute atomic E-state index is 0.119. The summed E-state index contributed by atoms with van der Waals surface area (Å²) in [6, 6.07) is 8.06. The molecule has 0 saturated carbocycles. The zero-order valence-electron chi connectivity index (χ0n) is 12.0. The summed E-state index contributed by atoms with van der Waals surface area (Å²) in [5, 5.41) is 12.4. The van der Waals surface area contributed by atoms with Crippen LogP contribution in [-0.2, 0) is 11.3 Å². The van der Waals surface area contributed by atoms with E-state index in [1.165, 1.54) is 0 Å². The van der Waals surface area contributed by atoms with E-state index >= 15 is 0 Å². The van der Waals surface area contributed by atoms with Crippen LogP contribution in [0.3, 0.4) is 0 Å². The molecule has 6 heteroatoms. The first-order valence-corrected chi connectivity index (χ1v) is 6.88. The Bertz CT molecular complexity index is 738. The fraction of sp³-hybridized carbons (Fsp3) is 0.267. The fourth-order valence-corrected chi connectivity index (χ4v) is 2.13. The van der Waals surface area contributed by atoms with E-state index in [1.807, 2.05) is 50.5 Å². The van der Waals surface area contributed by atoms with Gasteiger partial charge in [-0.25, -0.2) is 0 Å². The predicted molar refractivity (Wildman–Crippen MR) is 81.0 cm³/mol. The van der Waals surface area contributed by atoms with Crippen molar-refractivity contribution in [3.8, 4) is 0 Å². The second-order valence-corrected chi connectivity index (χ2v) is 5.24. The Balaban J connectivity index is 1.68. The molecule has 108 valence electrons. The Morgan fingerprint density at radius 3 is 2.81 bits per heavy atom. The lowest BCUT2D eigenvalue weighted by molar-refractivity contribution is -0.116. The van der Waals surface area contributed by atoms with Crippen LogP contribution in [0.2, 0.25) is 0 Å². The van der Waals surface area contributed by atoms with Gasteiger partial charge in [0.25, 0.3) is 0 Å². The highest BCUT2D eigenvalue weighted by atomic mass is 16.2. The third-order valence-corrected chi connectivity index (χ3v) is 3.18. The summed E-state index contributed by atoms with van der Waals surface area (Å²) in [5.41, 5.74) is 1.59. The molecule has 3 rings (SSSR count). The van der Waals surface area contributed by atoms with Crippen LogP contribution in [-0.4, -0.2) is 25.5 Å². The first-order chi connectivity index (χ1) is 10.1. The topological polar surface area (TPSA) is 64.7 Å². The lowest BCUT2D eigenvalue weighted by atomic mass is 10.3. The quantitative estimate of drug-likeness (QED) is 0.800. The number of carbonyl (C=O) groups is 1. The molecule has 1 N–H and O–H groups in total. The number of nitrogens with one attached hydrogen (secondary N) is 1. The standard InChI is InChI=1S/C15H17N5O/c1-11(2)20-9-13(7-16-20)17-15(21)10-19-8-12-5-3-4-6-14(12)18-19/h3-9,11H,10H2,1-2H3,(H,17,21). The number of fused-ring (bicyclic) bond motifs is 1. The molecule has 0 saturated heterocycles. The van der Waals surface area contributed by atoms with Crippen molar-refractivity contribution in [2.24, 2.45) is 0 Å². The van der Waals surface area contributed by atoms with Gasteiger partial charge in [0, 0.05) is 23.8 Å². The lowest BCUT2D eigenvalue weighted by Gasteiger charge is -2.04. The molecular formula is C15H17N5O. The van der Waals surface area contributed by atoms with Crippen LogP contribution in [0.25, 0.3) is 10.9 Å². The number of benzene rings is 1. The molecule has 1 aromatic carbocycles. The predicted octanol–water partition coefficient (Wildman–Crippen LogP) is 2.45. The van der Waals surface area contributed by atoms with Crippen LogP contribution in [0.15, 0.2) is 42.9 Å². The number of amides is 1. The van der Waals surface area contributed by atoms with E-state index in [0.717, 1.165) is 10.9 Å². The summed E-state index contributed by atoms with van der Waals surface area (Å²) in [4.78, 5) is 12.0. The highest BCUT2D eigenvalue weighted by Gasteiger charge is 2.08. The minimum atomic E-state index is -0.119. The molecule has 0 aliphatic rings. The van der Waals surface area contributed by atoms with Gasteiger partial charge in [-0.15, -0.1) is 0 Å². The largest absolute Gasteiger partial charge is 0.322 e. The Morgan fingerprint density at radius 2 is 2.10 bits per heavy atom. The van der Waals surface area contributed by atoms with Crippen molar-refractivity contribution in [1.29, 1.82) is 0 Å². The molecular weight excluding hydrogens is 266 g/mol. The molecule has 0 aliphatic carbocycles. The Kier molecular flexibility index (Phi) is 3.43. The van der Waals surface area contributed by atoms with E-state index in [2.05, 4.69) is 15.5 Å². The van der Waals surface area contributed by atoms with E-state index in [9.17, 15) is 4.79 Å². The van der Waals surface area contributed by atoms with Gasteiger partial charge in [0.15, 0.2) is 0 Å². The summed E-state index contributed by atoms with van der Waals surface area (Å²) >= 11 is 0. The average molecular weight is 283 g/mol. The minimum Gasteiger partial charge on any atom is -0.322 e. The maximum atomic E-state index is 12.0. The van der Waals surface area contributed by atoms with Crippen molar-refractivity contribution >= 4 is 22.5 Å². The van der Waals surface area contributed by atoms with Gasteiger partial charge in [0.1, 0.15) is 6.54 Å². The molecule has 0 spiro atoms. The second kappa shape index (κ2) is 5.40. The number of anilines is 1. The monoisotopic (exact) mass is 283 g/mol.